The van der Waals surface area contributed by atoms with E-state index in [-0.39, 0.29) is 12.4 Å². The average Bonchev–Trinajstić information content (AvgIpc) is 2.81. The van der Waals surface area contributed by atoms with Crippen LogP contribution < -0.4 is 4.74 Å². The van der Waals surface area contributed by atoms with Crippen LogP contribution in [0, 0.1) is 0 Å². The Bertz CT molecular complexity index is 556. The molecule has 0 saturated carbocycles. The molecule has 0 unspecified atom stereocenters. The van der Waals surface area contributed by atoms with Gasteiger partial charge < -0.3 is 18.8 Å². The number of rotatable bonds is 8. The van der Waals surface area contributed by atoms with E-state index in [0.717, 1.165) is 11.3 Å². The quantitative estimate of drug-likeness (QED) is 0.693. The van der Waals surface area contributed by atoms with Gasteiger partial charge in [-0.1, -0.05) is 0 Å². The van der Waals surface area contributed by atoms with Crippen molar-refractivity contribution in [2.75, 3.05) is 13.2 Å². The fourth-order valence-corrected chi connectivity index (χ4v) is 2.37. The van der Waals surface area contributed by atoms with Crippen molar-refractivity contribution in [2.24, 2.45) is 0 Å². The number of ether oxygens (including phenoxy) is 3. The van der Waals surface area contributed by atoms with E-state index in [1.807, 2.05) is 33.8 Å². The van der Waals surface area contributed by atoms with Crippen molar-refractivity contribution in [2.45, 2.75) is 46.6 Å². The van der Waals surface area contributed by atoms with E-state index in [2.05, 4.69) is 29.0 Å². The standard InChI is InChI=1S/C17H25NO3/c1-5-19-17(20-6-2)12-18-10-9-14-11-15(21-13(3)4)7-8-16(14)18/h7-11,13,17H,5-6,12H2,1-4H3. The van der Waals surface area contributed by atoms with Crippen molar-refractivity contribution in [3.63, 3.8) is 0 Å². The minimum atomic E-state index is -0.206. The summed E-state index contributed by atoms with van der Waals surface area (Å²) in [5.41, 5.74) is 1.16. The van der Waals surface area contributed by atoms with Crippen LogP contribution in [0.5, 0.6) is 5.75 Å². The van der Waals surface area contributed by atoms with Gasteiger partial charge in [0.1, 0.15) is 5.75 Å². The number of nitrogens with zero attached hydrogens (tertiary/aromatic N) is 1. The predicted molar refractivity (Wildman–Crippen MR) is 84.7 cm³/mol. The molecule has 0 bridgehead atoms. The Morgan fingerprint density at radius 3 is 2.38 bits per heavy atom. The van der Waals surface area contributed by atoms with Crippen LogP contribution in [0.2, 0.25) is 0 Å². The zero-order valence-corrected chi connectivity index (χ0v) is 13.3. The van der Waals surface area contributed by atoms with Gasteiger partial charge in [0, 0.05) is 30.3 Å². The van der Waals surface area contributed by atoms with Crippen LogP contribution in [0.3, 0.4) is 0 Å². The number of aromatic nitrogens is 1. The molecule has 21 heavy (non-hydrogen) atoms. The van der Waals surface area contributed by atoms with Crippen molar-refractivity contribution in [3.8, 4) is 5.75 Å². The minimum absolute atomic E-state index is 0.185. The molecular formula is C17H25NO3. The normalized spacial score (nSPS) is 11.7. The molecule has 0 aliphatic carbocycles. The second kappa shape index (κ2) is 7.48. The third kappa shape index (κ3) is 4.22. The van der Waals surface area contributed by atoms with Gasteiger partial charge in [-0.05, 0) is 52.0 Å². The van der Waals surface area contributed by atoms with E-state index in [1.165, 1.54) is 5.39 Å². The molecule has 0 fully saturated rings. The minimum Gasteiger partial charge on any atom is -0.491 e. The van der Waals surface area contributed by atoms with E-state index < -0.39 is 0 Å². The summed E-state index contributed by atoms with van der Waals surface area (Å²) in [5, 5.41) is 1.17. The largest absolute Gasteiger partial charge is 0.491 e. The summed E-state index contributed by atoms with van der Waals surface area (Å²) >= 11 is 0. The van der Waals surface area contributed by atoms with Gasteiger partial charge in [0.15, 0.2) is 6.29 Å². The Morgan fingerprint density at radius 2 is 1.76 bits per heavy atom. The summed E-state index contributed by atoms with van der Waals surface area (Å²) in [6.45, 7) is 10.0. The Labute approximate surface area is 126 Å². The maximum Gasteiger partial charge on any atom is 0.175 e. The third-order valence-electron chi connectivity index (χ3n) is 3.17. The number of fused-ring (bicyclic) bond motifs is 1. The highest BCUT2D eigenvalue weighted by atomic mass is 16.7. The van der Waals surface area contributed by atoms with Gasteiger partial charge in [0.05, 0.1) is 12.6 Å². The summed E-state index contributed by atoms with van der Waals surface area (Å²) in [7, 11) is 0. The first-order valence-corrected chi connectivity index (χ1v) is 7.62. The van der Waals surface area contributed by atoms with Gasteiger partial charge in [0.2, 0.25) is 0 Å². The molecule has 1 aromatic heterocycles. The zero-order valence-electron chi connectivity index (χ0n) is 13.3. The second-order valence-electron chi connectivity index (χ2n) is 5.20. The summed E-state index contributed by atoms with van der Waals surface area (Å²) in [6, 6.07) is 8.26. The first kappa shape index (κ1) is 15.9. The molecule has 0 amide bonds. The Hall–Kier alpha value is -1.52. The molecule has 4 heteroatoms. The van der Waals surface area contributed by atoms with Crippen molar-refractivity contribution >= 4 is 10.9 Å². The molecule has 0 radical (unpaired) electrons. The second-order valence-corrected chi connectivity index (χ2v) is 5.20. The van der Waals surface area contributed by atoms with E-state index in [4.69, 9.17) is 14.2 Å². The Kier molecular flexibility index (Phi) is 5.65. The number of benzene rings is 1. The Morgan fingerprint density at radius 1 is 1.05 bits per heavy atom. The van der Waals surface area contributed by atoms with Crippen LogP contribution in [-0.4, -0.2) is 30.2 Å². The molecule has 2 aromatic rings. The van der Waals surface area contributed by atoms with Gasteiger partial charge in [-0.3, -0.25) is 0 Å². The number of hydrogen-bond donors (Lipinski definition) is 0. The van der Waals surface area contributed by atoms with Crippen molar-refractivity contribution in [1.29, 1.82) is 0 Å². The van der Waals surface area contributed by atoms with Crippen molar-refractivity contribution in [3.05, 3.63) is 30.5 Å². The van der Waals surface area contributed by atoms with Crippen molar-refractivity contribution in [1.82, 2.24) is 4.57 Å². The van der Waals surface area contributed by atoms with Gasteiger partial charge in [-0.2, -0.15) is 0 Å². The molecule has 0 aliphatic heterocycles. The summed E-state index contributed by atoms with van der Waals surface area (Å²) in [4.78, 5) is 0. The molecule has 2 rings (SSSR count). The summed E-state index contributed by atoms with van der Waals surface area (Å²) in [5.74, 6) is 0.904. The summed E-state index contributed by atoms with van der Waals surface area (Å²) < 4.78 is 19.1. The zero-order chi connectivity index (χ0) is 15.2. The third-order valence-corrected chi connectivity index (χ3v) is 3.17. The monoisotopic (exact) mass is 291 g/mol. The molecule has 0 atom stereocenters. The molecule has 4 nitrogen and oxygen atoms in total. The van der Waals surface area contributed by atoms with Crippen LogP contribution in [0.25, 0.3) is 10.9 Å². The molecule has 0 spiro atoms. The van der Waals surface area contributed by atoms with Crippen LogP contribution in [0.4, 0.5) is 0 Å². The fraction of sp³-hybridized carbons (Fsp3) is 0.529. The van der Waals surface area contributed by atoms with Gasteiger partial charge in [-0.15, -0.1) is 0 Å². The van der Waals surface area contributed by atoms with Crippen molar-refractivity contribution < 1.29 is 14.2 Å². The van der Waals surface area contributed by atoms with E-state index in [1.54, 1.807) is 0 Å². The predicted octanol–water partition coefficient (Wildman–Crippen LogP) is 3.83. The molecule has 1 heterocycles. The molecular weight excluding hydrogens is 266 g/mol. The lowest BCUT2D eigenvalue weighted by atomic mass is 10.2. The molecule has 116 valence electrons. The van der Waals surface area contributed by atoms with Crippen LogP contribution >= 0.6 is 0 Å². The first-order valence-electron chi connectivity index (χ1n) is 7.62. The maximum absolute atomic E-state index is 5.73. The van der Waals surface area contributed by atoms with Crippen LogP contribution in [0.1, 0.15) is 27.7 Å². The SMILES string of the molecule is CCOC(Cn1ccc2cc(OC(C)C)ccc21)OCC. The smallest absolute Gasteiger partial charge is 0.175 e. The molecule has 0 N–H and O–H groups in total. The number of hydrogen-bond acceptors (Lipinski definition) is 3. The van der Waals surface area contributed by atoms with Crippen LogP contribution in [0.15, 0.2) is 30.5 Å². The summed E-state index contributed by atoms with van der Waals surface area (Å²) in [6.07, 6.45) is 2.04. The fourth-order valence-electron chi connectivity index (χ4n) is 2.37. The lowest BCUT2D eigenvalue weighted by Crippen LogP contribution is -2.23. The molecule has 0 saturated heterocycles. The van der Waals surface area contributed by atoms with E-state index >= 15 is 0 Å². The van der Waals surface area contributed by atoms with Gasteiger partial charge in [-0.25, -0.2) is 0 Å². The molecule has 1 aromatic carbocycles. The first-order chi connectivity index (χ1) is 10.1. The van der Waals surface area contributed by atoms with E-state index in [0.29, 0.717) is 19.8 Å². The highest BCUT2D eigenvalue weighted by Crippen LogP contribution is 2.23. The maximum atomic E-state index is 5.73. The van der Waals surface area contributed by atoms with Gasteiger partial charge >= 0.3 is 0 Å². The van der Waals surface area contributed by atoms with Gasteiger partial charge in [0.25, 0.3) is 0 Å². The van der Waals surface area contributed by atoms with E-state index in [9.17, 15) is 0 Å². The highest BCUT2D eigenvalue weighted by Gasteiger charge is 2.11. The average molecular weight is 291 g/mol. The highest BCUT2D eigenvalue weighted by molar-refractivity contribution is 5.81. The topological polar surface area (TPSA) is 32.6 Å². The molecule has 0 aliphatic rings. The lowest BCUT2D eigenvalue weighted by Gasteiger charge is -2.18. The lowest BCUT2D eigenvalue weighted by molar-refractivity contribution is -0.143. The Balaban J connectivity index is 2.17. The van der Waals surface area contributed by atoms with Crippen LogP contribution in [-0.2, 0) is 16.0 Å².